The molecule has 2 fully saturated rings. The molecular formula is C36H43F2N5O3S. The number of amides is 2. The molecule has 47 heavy (non-hydrogen) atoms. The van der Waals surface area contributed by atoms with E-state index in [0.717, 1.165) is 66.8 Å². The molecule has 0 radical (unpaired) electrons. The third-order valence-corrected chi connectivity index (χ3v) is 11.0. The van der Waals surface area contributed by atoms with Crippen molar-refractivity contribution < 1.29 is 23.1 Å². The summed E-state index contributed by atoms with van der Waals surface area (Å²) in [6, 6.07) is 18.3. The summed E-state index contributed by atoms with van der Waals surface area (Å²) in [6.07, 6.45) is 1.20. The summed E-state index contributed by atoms with van der Waals surface area (Å²) in [4.78, 5) is 33.5. The number of halogens is 2. The molecule has 2 amide bonds. The van der Waals surface area contributed by atoms with Gasteiger partial charge in [-0.3, -0.25) is 10.1 Å². The molecule has 2 aliphatic rings. The zero-order valence-electron chi connectivity index (χ0n) is 27.4. The van der Waals surface area contributed by atoms with Gasteiger partial charge in [-0.2, -0.15) is 0 Å². The molecule has 1 spiro atoms. The topological polar surface area (TPSA) is 88.5 Å². The van der Waals surface area contributed by atoms with Crippen LogP contribution in [0.4, 0.5) is 19.5 Å². The van der Waals surface area contributed by atoms with Crippen molar-refractivity contribution in [3.8, 4) is 0 Å². The van der Waals surface area contributed by atoms with E-state index in [0.29, 0.717) is 18.0 Å². The van der Waals surface area contributed by atoms with Gasteiger partial charge in [-0.15, -0.1) is 11.3 Å². The maximum atomic E-state index is 13.5. The number of aromatic nitrogens is 2. The maximum Gasteiger partial charge on any atom is 0.410 e. The van der Waals surface area contributed by atoms with Gasteiger partial charge in [0.1, 0.15) is 6.61 Å². The fraction of sp³-hybridized carbons (Fsp3) is 0.472. The Bertz CT molecular complexity index is 1720. The van der Waals surface area contributed by atoms with Crippen molar-refractivity contribution in [2.24, 2.45) is 10.8 Å². The van der Waals surface area contributed by atoms with Gasteiger partial charge in [-0.1, -0.05) is 57.2 Å². The van der Waals surface area contributed by atoms with Crippen LogP contribution >= 0.6 is 11.3 Å². The number of hydrogen-bond donors (Lipinski definition) is 2. The lowest BCUT2D eigenvalue weighted by atomic mass is 9.60. The number of thiophene rings is 1. The molecular weight excluding hydrogens is 620 g/mol. The Balaban J connectivity index is 1.28. The molecule has 1 aliphatic carbocycles. The van der Waals surface area contributed by atoms with Crippen molar-refractivity contribution in [3.05, 3.63) is 81.5 Å². The lowest BCUT2D eigenvalue weighted by Gasteiger charge is -2.51. The van der Waals surface area contributed by atoms with Crippen LogP contribution in [0, 0.1) is 10.8 Å². The molecule has 8 nitrogen and oxygen atoms in total. The van der Waals surface area contributed by atoms with Crippen LogP contribution in [-0.2, 0) is 17.9 Å². The Hall–Kier alpha value is -3.83. The number of benzene rings is 2. The number of carbonyl (C=O) groups excluding carboxylic acids is 2. The number of imidazole rings is 1. The van der Waals surface area contributed by atoms with Gasteiger partial charge in [-0.05, 0) is 91.9 Å². The van der Waals surface area contributed by atoms with Gasteiger partial charge < -0.3 is 19.5 Å². The van der Waals surface area contributed by atoms with Crippen LogP contribution in [0.2, 0.25) is 0 Å². The van der Waals surface area contributed by atoms with Crippen molar-refractivity contribution in [3.63, 3.8) is 0 Å². The standard InChI is InChI=1S/C36H43F2N5O3S/c1-23(35(2,3)4)42(34(45)46-22-24-8-6-5-7-9-24)21-25-10-11-28-27(18-25)40-33(41-32(44)30-13-12-29(47-30)31(37)38)43(28)26-19-36(20-26)14-16-39-17-15-36/h5-13,18,23,26,31,39H,14-17,19-22H2,1-4H3,(H,40,41,44)/t23-/m0/s1. The molecule has 4 aromatic rings. The maximum absolute atomic E-state index is 13.5. The average molecular weight is 664 g/mol. The van der Waals surface area contributed by atoms with E-state index in [1.807, 2.05) is 55.5 Å². The second-order valence-corrected chi connectivity index (χ2v) is 15.2. The van der Waals surface area contributed by atoms with Gasteiger partial charge >= 0.3 is 6.09 Å². The second kappa shape index (κ2) is 13.4. The van der Waals surface area contributed by atoms with E-state index in [1.54, 1.807) is 4.90 Å². The normalized spacial score (nSPS) is 17.1. The summed E-state index contributed by atoms with van der Waals surface area (Å²) >= 11 is 0.790. The molecule has 1 saturated heterocycles. The summed E-state index contributed by atoms with van der Waals surface area (Å²) in [5.74, 6) is -0.0500. The lowest BCUT2D eigenvalue weighted by Crippen LogP contribution is -2.46. The quantitative estimate of drug-likeness (QED) is 0.187. The first-order valence-electron chi connectivity index (χ1n) is 16.3. The van der Waals surface area contributed by atoms with Crippen LogP contribution in [0.15, 0.2) is 60.7 Å². The molecule has 11 heteroatoms. The fourth-order valence-corrected chi connectivity index (χ4v) is 7.53. The number of ether oxygens (including phenoxy) is 1. The van der Waals surface area contributed by atoms with E-state index in [-0.39, 0.29) is 39.3 Å². The number of hydrogen-bond acceptors (Lipinski definition) is 6. The van der Waals surface area contributed by atoms with E-state index >= 15 is 0 Å². The molecule has 2 aromatic heterocycles. The zero-order chi connectivity index (χ0) is 33.3. The van der Waals surface area contributed by atoms with E-state index in [1.165, 1.54) is 12.1 Å². The molecule has 6 rings (SSSR count). The van der Waals surface area contributed by atoms with E-state index in [9.17, 15) is 18.4 Å². The minimum absolute atomic E-state index is 0.131. The highest BCUT2D eigenvalue weighted by molar-refractivity contribution is 7.14. The first kappa shape index (κ1) is 33.1. The monoisotopic (exact) mass is 663 g/mol. The third kappa shape index (κ3) is 7.21. The Morgan fingerprint density at radius 3 is 2.47 bits per heavy atom. The van der Waals surface area contributed by atoms with Gasteiger partial charge in [0, 0.05) is 18.6 Å². The Morgan fingerprint density at radius 2 is 1.81 bits per heavy atom. The highest BCUT2D eigenvalue weighted by atomic mass is 32.1. The van der Waals surface area contributed by atoms with Crippen molar-refractivity contribution in [1.29, 1.82) is 0 Å². The molecule has 1 atom stereocenters. The number of piperidine rings is 1. The number of anilines is 1. The average Bonchev–Trinajstić information content (AvgIpc) is 3.67. The van der Waals surface area contributed by atoms with Crippen molar-refractivity contribution in [1.82, 2.24) is 19.8 Å². The summed E-state index contributed by atoms with van der Waals surface area (Å²) in [6.45, 7) is 10.8. The van der Waals surface area contributed by atoms with Gasteiger partial charge in [0.2, 0.25) is 5.95 Å². The largest absolute Gasteiger partial charge is 0.445 e. The van der Waals surface area contributed by atoms with Crippen LogP contribution in [0.1, 0.15) is 91.5 Å². The van der Waals surface area contributed by atoms with Crippen LogP contribution in [-0.4, -0.2) is 45.6 Å². The first-order chi connectivity index (χ1) is 22.4. The van der Waals surface area contributed by atoms with E-state index < -0.39 is 18.4 Å². The van der Waals surface area contributed by atoms with Gasteiger partial charge in [0.15, 0.2) is 0 Å². The third-order valence-electron chi connectivity index (χ3n) is 9.92. The van der Waals surface area contributed by atoms with Crippen LogP contribution in [0.5, 0.6) is 0 Å². The summed E-state index contributed by atoms with van der Waals surface area (Å²) in [5.41, 5.74) is 3.48. The summed E-state index contributed by atoms with van der Waals surface area (Å²) in [7, 11) is 0. The smallest absolute Gasteiger partial charge is 0.410 e. The van der Waals surface area contributed by atoms with Crippen molar-refractivity contribution in [2.75, 3.05) is 18.4 Å². The second-order valence-electron chi connectivity index (χ2n) is 14.1. The summed E-state index contributed by atoms with van der Waals surface area (Å²) in [5, 5.41) is 6.39. The first-order valence-corrected chi connectivity index (χ1v) is 17.1. The minimum Gasteiger partial charge on any atom is -0.445 e. The molecule has 1 saturated carbocycles. The highest BCUT2D eigenvalue weighted by Gasteiger charge is 2.46. The molecule has 2 N–H and O–H groups in total. The van der Waals surface area contributed by atoms with Crippen LogP contribution in [0.25, 0.3) is 11.0 Å². The number of carbonyl (C=O) groups is 2. The fourth-order valence-electron chi connectivity index (χ4n) is 6.77. The Labute approximate surface area is 278 Å². The lowest BCUT2D eigenvalue weighted by molar-refractivity contribution is 0.0316. The van der Waals surface area contributed by atoms with Crippen LogP contribution < -0.4 is 10.6 Å². The molecule has 3 heterocycles. The summed E-state index contributed by atoms with van der Waals surface area (Å²) < 4.78 is 34.4. The van der Waals surface area contributed by atoms with E-state index in [4.69, 9.17) is 9.72 Å². The number of rotatable bonds is 9. The van der Waals surface area contributed by atoms with Gasteiger partial charge in [0.05, 0.1) is 20.8 Å². The Kier molecular flexibility index (Phi) is 9.40. The number of nitrogens with one attached hydrogen (secondary N) is 2. The van der Waals surface area contributed by atoms with Crippen LogP contribution in [0.3, 0.4) is 0 Å². The predicted octanol–water partition coefficient (Wildman–Crippen LogP) is 8.57. The Morgan fingerprint density at radius 1 is 1.09 bits per heavy atom. The molecule has 0 unspecified atom stereocenters. The van der Waals surface area contributed by atoms with Gasteiger partial charge in [0.25, 0.3) is 12.3 Å². The molecule has 250 valence electrons. The molecule has 1 aliphatic heterocycles. The van der Waals surface area contributed by atoms with Gasteiger partial charge in [-0.25, -0.2) is 18.6 Å². The molecule has 2 aromatic carbocycles. The van der Waals surface area contributed by atoms with E-state index in [2.05, 4.69) is 36.0 Å². The minimum atomic E-state index is -2.63. The predicted molar refractivity (Wildman–Crippen MR) is 181 cm³/mol. The SMILES string of the molecule is C[C@H](N(Cc1ccc2c(c1)nc(NC(=O)c1ccc(C(F)F)s1)n2C1CC2(CCNCC2)C1)C(=O)OCc1ccccc1)C(C)(C)C. The number of alkyl halides is 2. The van der Waals surface area contributed by atoms with Crippen molar-refractivity contribution in [2.45, 2.75) is 85.0 Å². The number of fused-ring (bicyclic) bond motifs is 1. The van der Waals surface area contributed by atoms with Crippen molar-refractivity contribution >= 4 is 40.3 Å². The number of nitrogens with zero attached hydrogens (tertiary/aromatic N) is 3. The molecule has 0 bridgehead atoms. The highest BCUT2D eigenvalue weighted by Crippen LogP contribution is 2.55. The zero-order valence-corrected chi connectivity index (χ0v) is 28.2.